The van der Waals surface area contributed by atoms with Crippen molar-refractivity contribution in [1.82, 2.24) is 19.9 Å². The number of phenols is 2. The number of aromatic nitrogens is 4. The fourth-order valence-electron chi connectivity index (χ4n) is 3.95. The molecule has 0 saturated carbocycles. The van der Waals surface area contributed by atoms with E-state index in [1.54, 1.807) is 73.3 Å². The number of aromatic hydroxyl groups is 2. The fraction of sp³-hybridized carbons (Fsp3) is 0. The van der Waals surface area contributed by atoms with Crippen molar-refractivity contribution in [2.24, 2.45) is 10.2 Å². The van der Waals surface area contributed by atoms with Crippen molar-refractivity contribution >= 4 is 55.0 Å². The molecule has 0 aliphatic carbocycles. The van der Waals surface area contributed by atoms with Gasteiger partial charge in [-0.2, -0.15) is 0 Å². The standard InChI is InChI=1S/C24H14N6O2/c31-23-15-7-3-11-27-19(15)17-13(5-1-9-25-17)21(23)29-30-22-14-6-2-10-26-18(14)20-16(24(22)32)8-4-12-28-20/h1-12,31-32H. The molecule has 0 bridgehead atoms. The van der Waals surface area contributed by atoms with E-state index in [0.717, 1.165) is 0 Å². The maximum atomic E-state index is 11.0. The second-order valence-corrected chi connectivity index (χ2v) is 7.19. The van der Waals surface area contributed by atoms with Gasteiger partial charge >= 0.3 is 0 Å². The molecule has 0 atom stereocenters. The molecule has 8 heteroatoms. The van der Waals surface area contributed by atoms with Crippen molar-refractivity contribution in [2.45, 2.75) is 0 Å². The Balaban J connectivity index is 1.66. The van der Waals surface area contributed by atoms with E-state index in [0.29, 0.717) is 43.6 Å². The highest BCUT2D eigenvalue weighted by atomic mass is 16.3. The van der Waals surface area contributed by atoms with E-state index in [4.69, 9.17) is 0 Å². The minimum Gasteiger partial charge on any atom is -0.505 e. The molecule has 0 fully saturated rings. The number of hydrogen-bond acceptors (Lipinski definition) is 8. The SMILES string of the molecule is Oc1c(N=Nc2c(O)c3cccnc3c3ncccc23)c2cccnc2c2ncccc12. The average Bonchev–Trinajstić information content (AvgIpc) is 2.86. The molecule has 2 N–H and O–H groups in total. The second kappa shape index (κ2) is 6.92. The number of fused-ring (bicyclic) bond motifs is 6. The first kappa shape index (κ1) is 18.1. The second-order valence-electron chi connectivity index (χ2n) is 7.19. The molecular formula is C24H14N6O2. The molecule has 0 radical (unpaired) electrons. The van der Waals surface area contributed by atoms with Crippen molar-refractivity contribution < 1.29 is 10.2 Å². The van der Waals surface area contributed by atoms with Crippen molar-refractivity contribution in [3.05, 3.63) is 73.3 Å². The monoisotopic (exact) mass is 418 g/mol. The van der Waals surface area contributed by atoms with Crippen molar-refractivity contribution in [3.8, 4) is 11.5 Å². The lowest BCUT2D eigenvalue weighted by Gasteiger charge is -2.10. The van der Waals surface area contributed by atoms with Crippen molar-refractivity contribution in [3.63, 3.8) is 0 Å². The number of benzene rings is 2. The van der Waals surface area contributed by atoms with E-state index in [9.17, 15) is 10.2 Å². The Morgan fingerprint density at radius 3 is 1.16 bits per heavy atom. The predicted molar refractivity (Wildman–Crippen MR) is 122 cm³/mol. The summed E-state index contributed by atoms with van der Waals surface area (Å²) >= 11 is 0. The van der Waals surface area contributed by atoms with Crippen molar-refractivity contribution in [2.75, 3.05) is 0 Å². The molecule has 6 aromatic rings. The van der Waals surface area contributed by atoms with Gasteiger partial charge in [-0.3, -0.25) is 19.9 Å². The molecule has 8 nitrogen and oxygen atoms in total. The summed E-state index contributed by atoms with van der Waals surface area (Å²) in [5.74, 6) is -0.108. The number of phenolic OH excluding ortho intramolecular Hbond substituents is 2. The Bertz CT molecular complexity index is 1590. The lowest BCUT2D eigenvalue weighted by atomic mass is 10.1. The average molecular weight is 418 g/mol. The van der Waals surface area contributed by atoms with Crippen LogP contribution in [0.15, 0.2) is 83.5 Å². The molecule has 32 heavy (non-hydrogen) atoms. The zero-order valence-corrected chi connectivity index (χ0v) is 16.5. The summed E-state index contributed by atoms with van der Waals surface area (Å²) in [6.45, 7) is 0. The normalized spacial score (nSPS) is 11.9. The van der Waals surface area contributed by atoms with Crippen LogP contribution in [0.3, 0.4) is 0 Å². The van der Waals surface area contributed by atoms with Gasteiger partial charge in [-0.1, -0.05) is 0 Å². The molecule has 0 aliphatic rings. The lowest BCUT2D eigenvalue weighted by Crippen LogP contribution is -1.87. The maximum absolute atomic E-state index is 11.0. The third-order valence-electron chi connectivity index (χ3n) is 5.40. The van der Waals surface area contributed by atoms with E-state index < -0.39 is 0 Å². The third kappa shape index (κ3) is 2.56. The molecule has 0 spiro atoms. The summed E-state index contributed by atoms with van der Waals surface area (Å²) in [4.78, 5) is 17.6. The van der Waals surface area contributed by atoms with Crippen LogP contribution in [-0.4, -0.2) is 30.1 Å². The number of rotatable bonds is 2. The van der Waals surface area contributed by atoms with Gasteiger partial charge in [-0.15, -0.1) is 10.2 Å². The highest BCUT2D eigenvalue weighted by Gasteiger charge is 2.18. The van der Waals surface area contributed by atoms with Crippen LogP contribution in [0.5, 0.6) is 11.5 Å². The Morgan fingerprint density at radius 2 is 0.781 bits per heavy atom. The Hall–Kier alpha value is -4.72. The smallest absolute Gasteiger partial charge is 0.153 e. The summed E-state index contributed by atoms with van der Waals surface area (Å²) < 4.78 is 0. The molecule has 0 saturated heterocycles. The summed E-state index contributed by atoms with van der Waals surface area (Å²) in [7, 11) is 0. The first-order chi connectivity index (χ1) is 15.7. The number of hydrogen-bond donors (Lipinski definition) is 2. The number of nitrogens with zero attached hydrogens (tertiary/aromatic N) is 6. The van der Waals surface area contributed by atoms with Crippen LogP contribution in [0.4, 0.5) is 11.4 Å². The highest BCUT2D eigenvalue weighted by Crippen LogP contribution is 2.45. The van der Waals surface area contributed by atoms with Crippen LogP contribution >= 0.6 is 0 Å². The third-order valence-corrected chi connectivity index (χ3v) is 5.40. The topological polar surface area (TPSA) is 117 Å². The largest absolute Gasteiger partial charge is 0.505 e. The molecule has 4 aromatic heterocycles. The molecule has 4 heterocycles. The quantitative estimate of drug-likeness (QED) is 0.275. The summed E-state index contributed by atoms with van der Waals surface area (Å²) in [5, 5.41) is 32.9. The first-order valence-electron chi connectivity index (χ1n) is 9.84. The van der Waals surface area contributed by atoms with Gasteiger partial charge in [0.05, 0.1) is 11.0 Å². The van der Waals surface area contributed by atoms with Gasteiger partial charge in [-0.05, 0) is 48.5 Å². The Kier molecular flexibility index (Phi) is 3.91. The Labute approximate surface area is 180 Å². The summed E-state index contributed by atoms with van der Waals surface area (Å²) in [6.07, 6.45) is 6.63. The van der Waals surface area contributed by atoms with Gasteiger partial charge in [0.15, 0.2) is 11.5 Å². The zero-order chi connectivity index (χ0) is 21.7. The fourth-order valence-corrected chi connectivity index (χ4v) is 3.95. The Morgan fingerprint density at radius 1 is 0.469 bits per heavy atom. The first-order valence-corrected chi connectivity index (χ1v) is 9.84. The molecule has 6 rings (SSSR count). The van der Waals surface area contributed by atoms with Crippen LogP contribution < -0.4 is 0 Å². The summed E-state index contributed by atoms with van der Waals surface area (Å²) in [5.41, 5.74) is 2.86. The number of pyridine rings is 4. The van der Waals surface area contributed by atoms with Crippen LogP contribution in [0.25, 0.3) is 43.6 Å². The van der Waals surface area contributed by atoms with Crippen LogP contribution in [-0.2, 0) is 0 Å². The van der Waals surface area contributed by atoms with Gasteiger partial charge in [0, 0.05) is 46.3 Å². The molecular weight excluding hydrogens is 404 g/mol. The van der Waals surface area contributed by atoms with E-state index in [1.807, 2.05) is 0 Å². The van der Waals surface area contributed by atoms with Gasteiger partial charge in [0.25, 0.3) is 0 Å². The van der Waals surface area contributed by atoms with Crippen LogP contribution in [0.1, 0.15) is 0 Å². The van der Waals surface area contributed by atoms with E-state index in [1.165, 1.54) is 0 Å². The van der Waals surface area contributed by atoms with Gasteiger partial charge in [0.1, 0.15) is 22.4 Å². The van der Waals surface area contributed by atoms with Gasteiger partial charge in [0.2, 0.25) is 0 Å². The van der Waals surface area contributed by atoms with E-state index >= 15 is 0 Å². The van der Waals surface area contributed by atoms with Crippen molar-refractivity contribution in [1.29, 1.82) is 0 Å². The van der Waals surface area contributed by atoms with Crippen LogP contribution in [0, 0.1) is 0 Å². The predicted octanol–water partition coefficient (Wildman–Crippen LogP) is 5.71. The summed E-state index contributed by atoms with van der Waals surface area (Å²) in [6, 6.07) is 14.1. The maximum Gasteiger partial charge on any atom is 0.153 e. The van der Waals surface area contributed by atoms with E-state index in [2.05, 4.69) is 30.2 Å². The van der Waals surface area contributed by atoms with E-state index in [-0.39, 0.29) is 22.9 Å². The highest BCUT2D eigenvalue weighted by molar-refractivity contribution is 6.13. The minimum atomic E-state index is -0.0540. The minimum absolute atomic E-state index is 0.0540. The molecule has 2 aromatic carbocycles. The van der Waals surface area contributed by atoms with Crippen LogP contribution in [0.2, 0.25) is 0 Å². The molecule has 0 unspecified atom stereocenters. The molecule has 0 amide bonds. The number of azo groups is 1. The van der Waals surface area contributed by atoms with Gasteiger partial charge in [-0.25, -0.2) is 0 Å². The zero-order valence-electron chi connectivity index (χ0n) is 16.5. The lowest BCUT2D eigenvalue weighted by molar-refractivity contribution is 0.481. The molecule has 152 valence electrons. The molecule has 0 aliphatic heterocycles. The van der Waals surface area contributed by atoms with Gasteiger partial charge < -0.3 is 10.2 Å².